The molecule has 1 fully saturated rings. The Balaban J connectivity index is 1.86. The molecule has 2 unspecified atom stereocenters. The predicted octanol–water partition coefficient (Wildman–Crippen LogP) is 1.53. The zero-order valence-corrected chi connectivity index (χ0v) is 9.12. The third kappa shape index (κ3) is 2.10. The molecule has 2 aliphatic rings. The van der Waals surface area contributed by atoms with Crippen molar-refractivity contribution in [2.24, 2.45) is 5.92 Å². The van der Waals surface area contributed by atoms with Crippen LogP contribution in [0.2, 0.25) is 0 Å². The highest BCUT2D eigenvalue weighted by atomic mass is 16.7. The van der Waals surface area contributed by atoms with Crippen LogP contribution >= 0.6 is 0 Å². The number of hydrogen-bond acceptors (Lipinski definition) is 3. The van der Waals surface area contributed by atoms with Gasteiger partial charge in [0.05, 0.1) is 6.04 Å². The van der Waals surface area contributed by atoms with Gasteiger partial charge in [0.1, 0.15) is 6.26 Å². The van der Waals surface area contributed by atoms with Gasteiger partial charge in [-0.15, -0.1) is 5.06 Å². The largest absolute Gasteiger partial charge is 0.413 e. The maximum Gasteiger partial charge on any atom is 0.112 e. The Labute approximate surface area is 86.1 Å². The van der Waals surface area contributed by atoms with Crippen molar-refractivity contribution in [3.05, 3.63) is 11.8 Å². The van der Waals surface area contributed by atoms with E-state index < -0.39 is 0 Å². The van der Waals surface area contributed by atoms with E-state index in [9.17, 15) is 0 Å². The van der Waals surface area contributed by atoms with Crippen molar-refractivity contribution in [3.8, 4) is 0 Å². The molecule has 2 heterocycles. The predicted molar refractivity (Wildman–Crippen MR) is 56.6 cm³/mol. The normalized spacial score (nSPS) is 34.0. The van der Waals surface area contributed by atoms with Gasteiger partial charge in [-0.2, -0.15) is 0 Å². The average Bonchev–Trinajstić information content (AvgIpc) is 2.51. The molecule has 3 nitrogen and oxygen atoms in total. The zero-order valence-electron chi connectivity index (χ0n) is 9.12. The molecule has 0 bridgehead atoms. The minimum atomic E-state index is 0.500. The summed E-state index contributed by atoms with van der Waals surface area (Å²) in [5.74, 6) is 0.821. The maximum atomic E-state index is 5.37. The summed E-state index contributed by atoms with van der Waals surface area (Å²) in [6.45, 7) is 4.53. The first-order valence-corrected chi connectivity index (χ1v) is 5.54. The van der Waals surface area contributed by atoms with Gasteiger partial charge in [-0.25, -0.2) is 0 Å². The standard InChI is InChI=1S/C11H20N2O/c1-9-8-14-13(2)11(9)6-10-4-3-5-12-7-10/h8,10-12H,3-7H2,1-2H3. The van der Waals surface area contributed by atoms with Crippen molar-refractivity contribution in [2.75, 3.05) is 20.1 Å². The average molecular weight is 196 g/mol. The smallest absolute Gasteiger partial charge is 0.112 e. The Hall–Kier alpha value is -0.540. The molecule has 2 rings (SSSR count). The topological polar surface area (TPSA) is 24.5 Å². The molecule has 80 valence electrons. The molecule has 0 aromatic heterocycles. The Kier molecular flexibility index (Phi) is 3.08. The molecule has 0 radical (unpaired) electrons. The van der Waals surface area contributed by atoms with E-state index in [1.807, 2.05) is 18.4 Å². The molecule has 0 saturated carbocycles. The third-order valence-electron chi connectivity index (χ3n) is 3.32. The van der Waals surface area contributed by atoms with Crippen LogP contribution in [0.15, 0.2) is 11.8 Å². The Bertz CT molecular complexity index is 221. The monoisotopic (exact) mass is 196 g/mol. The number of piperidine rings is 1. The van der Waals surface area contributed by atoms with E-state index in [-0.39, 0.29) is 0 Å². The fourth-order valence-electron chi connectivity index (χ4n) is 2.38. The number of rotatable bonds is 2. The summed E-state index contributed by atoms with van der Waals surface area (Å²) in [5, 5.41) is 5.44. The summed E-state index contributed by atoms with van der Waals surface area (Å²) < 4.78 is 0. The molecule has 0 aromatic carbocycles. The van der Waals surface area contributed by atoms with Crippen molar-refractivity contribution in [1.29, 1.82) is 0 Å². The van der Waals surface area contributed by atoms with E-state index in [0.29, 0.717) is 6.04 Å². The molecule has 1 N–H and O–H groups in total. The summed E-state index contributed by atoms with van der Waals surface area (Å²) >= 11 is 0. The maximum absolute atomic E-state index is 5.37. The quantitative estimate of drug-likeness (QED) is 0.725. The van der Waals surface area contributed by atoms with Gasteiger partial charge in [0, 0.05) is 7.05 Å². The van der Waals surface area contributed by atoms with Gasteiger partial charge in [0.2, 0.25) is 0 Å². The van der Waals surface area contributed by atoms with Crippen molar-refractivity contribution in [3.63, 3.8) is 0 Å². The Morgan fingerprint density at radius 3 is 3.07 bits per heavy atom. The molecule has 0 amide bonds. The first kappa shape index (κ1) is 9.99. The van der Waals surface area contributed by atoms with Crippen molar-refractivity contribution in [2.45, 2.75) is 32.2 Å². The minimum Gasteiger partial charge on any atom is -0.413 e. The molecule has 0 aromatic rings. The second-order valence-electron chi connectivity index (χ2n) is 4.48. The van der Waals surface area contributed by atoms with Gasteiger partial charge < -0.3 is 10.2 Å². The Morgan fingerprint density at radius 1 is 1.64 bits per heavy atom. The van der Waals surface area contributed by atoms with Gasteiger partial charge in [0.15, 0.2) is 0 Å². The second kappa shape index (κ2) is 4.32. The minimum absolute atomic E-state index is 0.500. The summed E-state index contributed by atoms with van der Waals surface area (Å²) in [7, 11) is 2.02. The van der Waals surface area contributed by atoms with Crippen LogP contribution in [0.1, 0.15) is 26.2 Å². The number of hydroxylamine groups is 2. The summed E-state index contributed by atoms with van der Waals surface area (Å²) in [6.07, 6.45) is 5.79. The molecule has 2 atom stereocenters. The molecule has 1 saturated heterocycles. The first-order chi connectivity index (χ1) is 6.77. The van der Waals surface area contributed by atoms with Gasteiger partial charge in [-0.3, -0.25) is 0 Å². The van der Waals surface area contributed by atoms with Gasteiger partial charge in [-0.1, -0.05) is 0 Å². The lowest BCUT2D eigenvalue weighted by Crippen LogP contribution is -2.35. The molecular formula is C11H20N2O. The highest BCUT2D eigenvalue weighted by molar-refractivity contribution is 5.08. The lowest BCUT2D eigenvalue weighted by Gasteiger charge is -2.28. The zero-order chi connectivity index (χ0) is 9.97. The van der Waals surface area contributed by atoms with Crippen molar-refractivity contribution >= 4 is 0 Å². The number of nitrogens with one attached hydrogen (secondary N) is 1. The van der Waals surface area contributed by atoms with E-state index in [4.69, 9.17) is 4.84 Å². The number of likely N-dealkylation sites (N-methyl/N-ethyl adjacent to an activating group) is 1. The van der Waals surface area contributed by atoms with E-state index in [0.717, 1.165) is 5.92 Å². The van der Waals surface area contributed by atoms with E-state index >= 15 is 0 Å². The number of hydrogen-bond donors (Lipinski definition) is 1. The van der Waals surface area contributed by atoms with Crippen molar-refractivity contribution in [1.82, 2.24) is 10.4 Å². The van der Waals surface area contributed by atoms with E-state index in [1.54, 1.807) is 0 Å². The number of nitrogens with zero attached hydrogens (tertiary/aromatic N) is 1. The van der Waals surface area contributed by atoms with Crippen LogP contribution in [0.3, 0.4) is 0 Å². The fraction of sp³-hybridized carbons (Fsp3) is 0.818. The molecule has 2 aliphatic heterocycles. The highest BCUT2D eigenvalue weighted by Gasteiger charge is 2.27. The SMILES string of the molecule is CC1=CON(C)C1CC1CCCNC1. The van der Waals surface area contributed by atoms with Crippen LogP contribution in [0, 0.1) is 5.92 Å². The third-order valence-corrected chi connectivity index (χ3v) is 3.32. The summed E-state index contributed by atoms with van der Waals surface area (Å²) in [4.78, 5) is 5.37. The molecule has 3 heteroatoms. The van der Waals surface area contributed by atoms with Crippen LogP contribution in [-0.2, 0) is 4.84 Å². The van der Waals surface area contributed by atoms with E-state index in [1.165, 1.54) is 37.9 Å². The molecule has 14 heavy (non-hydrogen) atoms. The van der Waals surface area contributed by atoms with Gasteiger partial charge in [0.25, 0.3) is 0 Å². The van der Waals surface area contributed by atoms with Gasteiger partial charge in [-0.05, 0) is 50.8 Å². The highest BCUT2D eigenvalue weighted by Crippen LogP contribution is 2.26. The summed E-state index contributed by atoms with van der Waals surface area (Å²) in [6, 6.07) is 0.500. The van der Waals surface area contributed by atoms with E-state index in [2.05, 4.69) is 12.2 Å². The Morgan fingerprint density at radius 2 is 2.50 bits per heavy atom. The molecule has 0 spiro atoms. The fourth-order valence-corrected chi connectivity index (χ4v) is 2.38. The van der Waals surface area contributed by atoms with Crippen LogP contribution in [0.25, 0.3) is 0 Å². The van der Waals surface area contributed by atoms with Crippen LogP contribution in [-0.4, -0.2) is 31.2 Å². The molecular weight excluding hydrogens is 176 g/mol. The van der Waals surface area contributed by atoms with Crippen LogP contribution in [0.4, 0.5) is 0 Å². The molecule has 0 aliphatic carbocycles. The lowest BCUT2D eigenvalue weighted by atomic mass is 9.90. The first-order valence-electron chi connectivity index (χ1n) is 5.54. The van der Waals surface area contributed by atoms with Gasteiger partial charge >= 0.3 is 0 Å². The second-order valence-corrected chi connectivity index (χ2v) is 4.48. The van der Waals surface area contributed by atoms with Crippen molar-refractivity contribution < 1.29 is 4.84 Å². The van der Waals surface area contributed by atoms with Crippen LogP contribution < -0.4 is 5.32 Å². The van der Waals surface area contributed by atoms with Crippen LogP contribution in [0.5, 0.6) is 0 Å². The lowest BCUT2D eigenvalue weighted by molar-refractivity contribution is -0.0845. The summed E-state index contributed by atoms with van der Waals surface area (Å²) in [5.41, 5.74) is 1.36.